The molecule has 162 valence electrons. The third-order valence-corrected chi connectivity index (χ3v) is 8.88. The molecule has 0 amide bonds. The van der Waals surface area contributed by atoms with Gasteiger partial charge >= 0.3 is 0 Å². The van der Waals surface area contributed by atoms with Crippen molar-refractivity contribution in [3.05, 3.63) is 59.7 Å². The van der Waals surface area contributed by atoms with E-state index in [2.05, 4.69) is 0 Å². The molecule has 1 aliphatic heterocycles. The van der Waals surface area contributed by atoms with Gasteiger partial charge in [0.05, 0.1) is 10.2 Å². The number of aliphatic hydroxyl groups excluding tert-OH is 1. The summed E-state index contributed by atoms with van der Waals surface area (Å²) in [5.41, 5.74) is 2.19. The highest BCUT2D eigenvalue weighted by Crippen LogP contribution is 2.49. The van der Waals surface area contributed by atoms with Crippen LogP contribution in [0.4, 0.5) is 0 Å². The Kier molecular flexibility index (Phi) is 8.54. The Labute approximate surface area is 187 Å². The van der Waals surface area contributed by atoms with E-state index in [0.29, 0.717) is 19.3 Å². The van der Waals surface area contributed by atoms with Gasteiger partial charge in [-0.25, -0.2) is 0 Å². The average Bonchev–Trinajstić information content (AvgIpc) is 2.73. The molecule has 3 rings (SSSR count). The number of hydrogen-bond donors (Lipinski definition) is 3. The molecule has 1 fully saturated rings. The Morgan fingerprint density at radius 3 is 2.00 bits per heavy atom. The first-order valence-electron chi connectivity index (χ1n) is 10.5. The number of aryl methyl sites for hydroxylation is 2. The number of carbonyl (C=O) groups is 1. The van der Waals surface area contributed by atoms with Crippen molar-refractivity contribution in [3.8, 4) is 11.5 Å². The SMILES string of the molecule is O=C(CCc1ccc(O)cc1)C[C@@H](O)CC1(CCc2ccc(O)cc2)SCCCS1. The highest BCUT2D eigenvalue weighted by Gasteiger charge is 2.36. The molecule has 1 heterocycles. The van der Waals surface area contributed by atoms with Gasteiger partial charge in [0.1, 0.15) is 17.3 Å². The van der Waals surface area contributed by atoms with Gasteiger partial charge in [0.15, 0.2) is 0 Å². The number of Topliss-reactive ketones (excluding diaryl/α,β-unsaturated/α-hetero) is 1. The molecule has 0 radical (unpaired) electrons. The first-order valence-corrected chi connectivity index (χ1v) is 12.4. The third kappa shape index (κ3) is 7.25. The van der Waals surface area contributed by atoms with Crippen molar-refractivity contribution >= 4 is 29.3 Å². The number of aromatic hydroxyl groups is 2. The van der Waals surface area contributed by atoms with Crippen LogP contribution in [0.15, 0.2) is 48.5 Å². The van der Waals surface area contributed by atoms with Crippen LogP contribution in [0.2, 0.25) is 0 Å². The van der Waals surface area contributed by atoms with E-state index in [-0.39, 0.29) is 27.8 Å². The lowest BCUT2D eigenvalue weighted by molar-refractivity contribution is -0.121. The highest BCUT2D eigenvalue weighted by molar-refractivity contribution is 8.18. The molecule has 0 aromatic heterocycles. The van der Waals surface area contributed by atoms with Crippen molar-refractivity contribution in [1.29, 1.82) is 0 Å². The van der Waals surface area contributed by atoms with Crippen LogP contribution in [0, 0.1) is 0 Å². The Bertz CT molecular complexity index is 799. The van der Waals surface area contributed by atoms with Crippen LogP contribution in [-0.4, -0.2) is 42.8 Å². The van der Waals surface area contributed by atoms with Crippen molar-refractivity contribution in [2.24, 2.45) is 0 Å². The summed E-state index contributed by atoms with van der Waals surface area (Å²) in [5, 5.41) is 29.5. The number of ketones is 1. The normalized spacial score (nSPS) is 16.8. The minimum atomic E-state index is -0.629. The smallest absolute Gasteiger partial charge is 0.135 e. The summed E-state index contributed by atoms with van der Waals surface area (Å²) in [5.74, 6) is 2.75. The maximum atomic E-state index is 12.4. The lowest BCUT2D eigenvalue weighted by Gasteiger charge is -2.37. The van der Waals surface area contributed by atoms with Crippen molar-refractivity contribution in [2.75, 3.05) is 11.5 Å². The lowest BCUT2D eigenvalue weighted by Crippen LogP contribution is -2.32. The summed E-state index contributed by atoms with van der Waals surface area (Å²) in [6.45, 7) is 0. The van der Waals surface area contributed by atoms with Crippen molar-refractivity contribution in [2.45, 2.75) is 55.1 Å². The van der Waals surface area contributed by atoms with E-state index >= 15 is 0 Å². The zero-order chi connectivity index (χ0) is 21.4. The Hall–Kier alpha value is -1.63. The minimum Gasteiger partial charge on any atom is -0.508 e. The van der Waals surface area contributed by atoms with E-state index in [4.69, 9.17) is 0 Å². The molecule has 0 unspecified atom stereocenters. The van der Waals surface area contributed by atoms with Gasteiger partial charge in [-0.2, -0.15) is 0 Å². The zero-order valence-electron chi connectivity index (χ0n) is 17.1. The van der Waals surface area contributed by atoms with E-state index in [1.165, 1.54) is 12.0 Å². The Morgan fingerprint density at radius 1 is 0.900 bits per heavy atom. The van der Waals surface area contributed by atoms with Crippen molar-refractivity contribution in [1.82, 2.24) is 0 Å². The van der Waals surface area contributed by atoms with E-state index in [0.717, 1.165) is 29.9 Å². The average molecular weight is 447 g/mol. The summed E-state index contributed by atoms with van der Waals surface area (Å²) in [7, 11) is 0. The summed E-state index contributed by atoms with van der Waals surface area (Å²) >= 11 is 3.84. The third-order valence-electron chi connectivity index (χ3n) is 5.39. The second-order valence-corrected chi connectivity index (χ2v) is 11.1. The number of phenols is 2. The lowest BCUT2D eigenvalue weighted by atomic mass is 9.99. The molecule has 6 heteroatoms. The molecular weight excluding hydrogens is 416 g/mol. The molecule has 3 N–H and O–H groups in total. The molecule has 2 aromatic carbocycles. The van der Waals surface area contributed by atoms with E-state index in [9.17, 15) is 20.1 Å². The van der Waals surface area contributed by atoms with Crippen LogP contribution in [0.5, 0.6) is 11.5 Å². The van der Waals surface area contributed by atoms with E-state index in [1.54, 1.807) is 24.3 Å². The standard InChI is InChI=1S/C24H30O4S2/c25-20-7-2-18(3-8-20)6-11-22(27)16-23(28)17-24(29-14-1-15-30-24)13-12-19-4-9-21(26)10-5-19/h2-5,7-10,23,25-26,28H,1,6,11-17H2/t23-/m1/s1. The summed E-state index contributed by atoms with van der Waals surface area (Å²) in [6.07, 6.45) is 4.22. The molecule has 0 saturated carbocycles. The minimum absolute atomic E-state index is 0.0627. The fourth-order valence-corrected chi connectivity index (χ4v) is 7.17. The second kappa shape index (κ2) is 11.1. The summed E-state index contributed by atoms with van der Waals surface area (Å²) in [4.78, 5) is 12.4. The molecule has 1 atom stereocenters. The molecule has 30 heavy (non-hydrogen) atoms. The molecule has 2 aromatic rings. The number of hydrogen-bond acceptors (Lipinski definition) is 6. The van der Waals surface area contributed by atoms with E-state index < -0.39 is 6.10 Å². The van der Waals surface area contributed by atoms with Crippen LogP contribution < -0.4 is 0 Å². The quantitative estimate of drug-likeness (QED) is 0.480. The fraction of sp³-hybridized carbons (Fsp3) is 0.458. The van der Waals surface area contributed by atoms with Crippen LogP contribution in [0.1, 0.15) is 43.2 Å². The molecule has 1 saturated heterocycles. The van der Waals surface area contributed by atoms with Crippen LogP contribution in [-0.2, 0) is 17.6 Å². The van der Waals surface area contributed by atoms with Crippen LogP contribution in [0.3, 0.4) is 0 Å². The number of aliphatic hydroxyl groups is 1. The number of carbonyl (C=O) groups excluding carboxylic acids is 1. The molecular formula is C24H30O4S2. The van der Waals surface area contributed by atoms with Gasteiger partial charge in [0, 0.05) is 12.8 Å². The zero-order valence-corrected chi connectivity index (χ0v) is 18.8. The maximum absolute atomic E-state index is 12.4. The van der Waals surface area contributed by atoms with Gasteiger partial charge in [-0.15, -0.1) is 23.5 Å². The van der Waals surface area contributed by atoms with Gasteiger partial charge in [-0.3, -0.25) is 4.79 Å². The number of thioether (sulfide) groups is 2. The van der Waals surface area contributed by atoms with E-state index in [1.807, 2.05) is 47.8 Å². The summed E-state index contributed by atoms with van der Waals surface area (Å²) < 4.78 is -0.0627. The molecule has 0 aliphatic carbocycles. The predicted molar refractivity (Wildman–Crippen MR) is 125 cm³/mol. The fourth-order valence-electron chi connectivity index (χ4n) is 3.72. The van der Waals surface area contributed by atoms with Crippen molar-refractivity contribution < 1.29 is 20.1 Å². The highest BCUT2D eigenvalue weighted by atomic mass is 32.2. The molecule has 4 nitrogen and oxygen atoms in total. The second-order valence-electron chi connectivity index (χ2n) is 7.89. The number of phenolic OH excluding ortho intramolecular Hbond substituents is 2. The van der Waals surface area contributed by atoms with Crippen molar-refractivity contribution in [3.63, 3.8) is 0 Å². The van der Waals surface area contributed by atoms with Crippen LogP contribution >= 0.6 is 23.5 Å². The first kappa shape index (κ1) is 23.0. The maximum Gasteiger partial charge on any atom is 0.135 e. The monoisotopic (exact) mass is 446 g/mol. The Morgan fingerprint density at radius 2 is 1.43 bits per heavy atom. The molecule has 0 spiro atoms. The van der Waals surface area contributed by atoms with Gasteiger partial charge in [0.25, 0.3) is 0 Å². The van der Waals surface area contributed by atoms with Gasteiger partial charge in [-0.05, 0) is 79.0 Å². The van der Waals surface area contributed by atoms with Crippen LogP contribution in [0.25, 0.3) is 0 Å². The van der Waals surface area contributed by atoms with Gasteiger partial charge in [0.2, 0.25) is 0 Å². The first-order chi connectivity index (χ1) is 14.4. The Balaban J connectivity index is 1.51. The largest absolute Gasteiger partial charge is 0.508 e. The number of benzene rings is 2. The number of rotatable bonds is 10. The summed E-state index contributed by atoms with van der Waals surface area (Å²) in [6, 6.07) is 14.2. The predicted octanol–water partition coefficient (Wildman–Crippen LogP) is 4.94. The van der Waals surface area contributed by atoms with Gasteiger partial charge < -0.3 is 15.3 Å². The molecule has 0 bridgehead atoms. The molecule has 1 aliphatic rings. The topological polar surface area (TPSA) is 77.8 Å². The van der Waals surface area contributed by atoms with Gasteiger partial charge in [-0.1, -0.05) is 24.3 Å².